The van der Waals surface area contributed by atoms with Crippen LogP contribution in [0.1, 0.15) is 42.6 Å². The van der Waals surface area contributed by atoms with Crippen molar-refractivity contribution in [1.82, 2.24) is 0 Å². The number of nitrogens with one attached hydrogen (secondary N) is 1. The van der Waals surface area contributed by atoms with E-state index in [-0.39, 0.29) is 5.91 Å². The Morgan fingerprint density at radius 1 is 1.37 bits per heavy atom. The van der Waals surface area contributed by atoms with E-state index in [0.717, 1.165) is 12.0 Å². The number of amides is 2. The van der Waals surface area contributed by atoms with Crippen LogP contribution in [-0.2, 0) is 4.79 Å². The van der Waals surface area contributed by atoms with Gasteiger partial charge in [-0.15, -0.1) is 0 Å². The van der Waals surface area contributed by atoms with Crippen molar-refractivity contribution in [3.63, 3.8) is 0 Å². The van der Waals surface area contributed by atoms with Gasteiger partial charge < -0.3 is 16.8 Å². The molecule has 1 unspecified atom stereocenters. The number of carbonyl (C=O) groups excluding carboxylic acids is 2. The number of rotatable bonds is 5. The molecule has 0 aliphatic carbocycles. The molecule has 0 radical (unpaired) electrons. The maximum Gasteiger partial charge on any atom is 0.248 e. The molecule has 19 heavy (non-hydrogen) atoms. The van der Waals surface area contributed by atoms with E-state index >= 15 is 0 Å². The fourth-order valence-corrected chi connectivity index (χ4v) is 1.86. The van der Waals surface area contributed by atoms with Crippen molar-refractivity contribution >= 4 is 17.5 Å². The third kappa shape index (κ3) is 3.79. The number of hydrogen-bond donors (Lipinski definition) is 3. The molecule has 0 aliphatic heterocycles. The molecule has 5 N–H and O–H groups in total. The molecule has 0 saturated carbocycles. The van der Waals surface area contributed by atoms with Gasteiger partial charge in [-0.05, 0) is 44.0 Å². The van der Waals surface area contributed by atoms with Gasteiger partial charge >= 0.3 is 0 Å². The molecular weight excluding hydrogens is 242 g/mol. The van der Waals surface area contributed by atoms with E-state index in [2.05, 4.69) is 5.32 Å². The van der Waals surface area contributed by atoms with Gasteiger partial charge in [-0.25, -0.2) is 0 Å². The van der Waals surface area contributed by atoms with Gasteiger partial charge in [0.05, 0.1) is 5.54 Å². The fourth-order valence-electron chi connectivity index (χ4n) is 1.86. The van der Waals surface area contributed by atoms with Crippen LogP contribution in [0.3, 0.4) is 0 Å². The third-order valence-corrected chi connectivity index (χ3v) is 3.05. The van der Waals surface area contributed by atoms with Crippen molar-refractivity contribution < 1.29 is 9.59 Å². The van der Waals surface area contributed by atoms with E-state index in [1.807, 2.05) is 6.92 Å². The molecule has 5 heteroatoms. The number of primary amides is 1. The van der Waals surface area contributed by atoms with Crippen LogP contribution in [0, 0.1) is 6.92 Å². The smallest absolute Gasteiger partial charge is 0.248 e. The largest absolute Gasteiger partial charge is 0.366 e. The van der Waals surface area contributed by atoms with Crippen molar-refractivity contribution in [2.24, 2.45) is 11.5 Å². The number of nitrogens with two attached hydrogens (primary N) is 2. The van der Waals surface area contributed by atoms with Crippen LogP contribution in [0.4, 0.5) is 5.69 Å². The summed E-state index contributed by atoms with van der Waals surface area (Å²) in [7, 11) is 0. The summed E-state index contributed by atoms with van der Waals surface area (Å²) in [6.45, 7) is 5.49. The standard InChI is InChI=1S/C14H21N3O2/c1-4-7-14(3,16)13(19)17-11-6-5-10(12(15)18)8-9(11)2/h5-6,8H,4,7,16H2,1-3H3,(H2,15,18)(H,17,19). The quantitative estimate of drug-likeness (QED) is 0.751. The molecule has 0 aliphatic rings. The van der Waals surface area contributed by atoms with Gasteiger partial charge in [0.1, 0.15) is 0 Å². The van der Waals surface area contributed by atoms with E-state index in [1.165, 1.54) is 0 Å². The Morgan fingerprint density at radius 2 is 2.00 bits per heavy atom. The predicted molar refractivity (Wildman–Crippen MR) is 75.8 cm³/mol. The molecule has 0 bridgehead atoms. The van der Waals surface area contributed by atoms with Gasteiger partial charge in [0.15, 0.2) is 0 Å². The average Bonchev–Trinajstić information content (AvgIpc) is 2.31. The van der Waals surface area contributed by atoms with Gasteiger partial charge in [0, 0.05) is 11.3 Å². The van der Waals surface area contributed by atoms with Crippen LogP contribution in [-0.4, -0.2) is 17.4 Å². The molecule has 1 atom stereocenters. The van der Waals surface area contributed by atoms with Gasteiger partial charge in [0.25, 0.3) is 0 Å². The number of benzene rings is 1. The second-order valence-electron chi connectivity index (χ2n) is 5.02. The highest BCUT2D eigenvalue weighted by Crippen LogP contribution is 2.19. The topological polar surface area (TPSA) is 98.2 Å². The minimum absolute atomic E-state index is 0.232. The molecule has 0 fully saturated rings. The van der Waals surface area contributed by atoms with Crippen molar-refractivity contribution in [3.8, 4) is 0 Å². The third-order valence-electron chi connectivity index (χ3n) is 3.05. The molecule has 5 nitrogen and oxygen atoms in total. The number of carbonyl (C=O) groups is 2. The van der Waals surface area contributed by atoms with Gasteiger partial charge in [0.2, 0.25) is 11.8 Å². The fraction of sp³-hybridized carbons (Fsp3) is 0.429. The number of anilines is 1. The summed E-state index contributed by atoms with van der Waals surface area (Å²) in [5.41, 5.74) is 12.1. The molecule has 0 saturated heterocycles. The number of hydrogen-bond acceptors (Lipinski definition) is 3. The molecule has 104 valence electrons. The van der Waals surface area contributed by atoms with Crippen molar-refractivity contribution in [3.05, 3.63) is 29.3 Å². The molecule has 0 spiro atoms. The molecule has 2 amide bonds. The summed E-state index contributed by atoms with van der Waals surface area (Å²) in [6.07, 6.45) is 1.44. The molecule has 0 heterocycles. The first kappa shape index (κ1) is 15.2. The summed E-state index contributed by atoms with van der Waals surface area (Å²) in [6, 6.07) is 4.89. The maximum atomic E-state index is 12.1. The minimum Gasteiger partial charge on any atom is -0.366 e. The molecule has 1 aromatic carbocycles. The molecule has 0 aromatic heterocycles. The Balaban J connectivity index is 2.89. The van der Waals surface area contributed by atoms with Crippen LogP contribution >= 0.6 is 0 Å². The molecule has 1 rings (SSSR count). The van der Waals surface area contributed by atoms with Gasteiger partial charge in [-0.1, -0.05) is 13.3 Å². The lowest BCUT2D eigenvalue weighted by Crippen LogP contribution is -2.48. The van der Waals surface area contributed by atoms with Gasteiger partial charge in [-0.2, -0.15) is 0 Å². The lowest BCUT2D eigenvalue weighted by atomic mass is 9.96. The van der Waals surface area contributed by atoms with Crippen LogP contribution in [0.2, 0.25) is 0 Å². The Labute approximate surface area is 113 Å². The second kappa shape index (κ2) is 5.84. The van der Waals surface area contributed by atoms with Gasteiger partial charge in [-0.3, -0.25) is 9.59 Å². The lowest BCUT2D eigenvalue weighted by molar-refractivity contribution is -0.120. The normalized spacial score (nSPS) is 13.7. The molecular formula is C14H21N3O2. The summed E-state index contributed by atoms with van der Waals surface area (Å²) in [4.78, 5) is 23.1. The van der Waals surface area contributed by atoms with E-state index < -0.39 is 11.4 Å². The Kier molecular flexibility index (Phi) is 4.67. The lowest BCUT2D eigenvalue weighted by Gasteiger charge is -2.23. The van der Waals surface area contributed by atoms with Crippen LogP contribution in [0.15, 0.2) is 18.2 Å². The number of aryl methyl sites for hydroxylation is 1. The second-order valence-corrected chi connectivity index (χ2v) is 5.02. The van der Waals surface area contributed by atoms with Crippen LogP contribution in [0.25, 0.3) is 0 Å². The monoisotopic (exact) mass is 263 g/mol. The first-order valence-corrected chi connectivity index (χ1v) is 6.28. The first-order valence-electron chi connectivity index (χ1n) is 6.28. The van der Waals surface area contributed by atoms with Crippen LogP contribution < -0.4 is 16.8 Å². The van der Waals surface area contributed by atoms with Crippen LogP contribution in [0.5, 0.6) is 0 Å². The summed E-state index contributed by atoms with van der Waals surface area (Å²) in [5, 5.41) is 2.79. The zero-order valence-corrected chi connectivity index (χ0v) is 11.6. The SMILES string of the molecule is CCCC(C)(N)C(=O)Nc1ccc(C(N)=O)cc1C. The van der Waals surface area contributed by atoms with Crippen molar-refractivity contribution in [2.75, 3.05) is 5.32 Å². The molecule has 1 aromatic rings. The Morgan fingerprint density at radius 3 is 2.47 bits per heavy atom. The highest BCUT2D eigenvalue weighted by Gasteiger charge is 2.27. The highest BCUT2D eigenvalue weighted by molar-refractivity contribution is 5.99. The minimum atomic E-state index is -0.899. The van der Waals surface area contributed by atoms with Crippen molar-refractivity contribution in [1.29, 1.82) is 0 Å². The maximum absolute atomic E-state index is 12.1. The zero-order chi connectivity index (χ0) is 14.6. The van der Waals surface area contributed by atoms with E-state index in [9.17, 15) is 9.59 Å². The highest BCUT2D eigenvalue weighted by atomic mass is 16.2. The predicted octanol–water partition coefficient (Wildman–Crippen LogP) is 1.55. The van der Waals surface area contributed by atoms with E-state index in [4.69, 9.17) is 11.5 Å². The Bertz CT molecular complexity index is 495. The average molecular weight is 263 g/mol. The van der Waals surface area contributed by atoms with E-state index in [1.54, 1.807) is 32.0 Å². The van der Waals surface area contributed by atoms with E-state index in [0.29, 0.717) is 17.7 Å². The summed E-state index contributed by atoms with van der Waals surface area (Å²) >= 11 is 0. The Hall–Kier alpha value is -1.88. The zero-order valence-electron chi connectivity index (χ0n) is 11.6. The summed E-state index contributed by atoms with van der Waals surface area (Å²) < 4.78 is 0. The first-order chi connectivity index (χ1) is 8.77. The van der Waals surface area contributed by atoms with Crippen molar-refractivity contribution in [2.45, 2.75) is 39.2 Å². The summed E-state index contributed by atoms with van der Waals surface area (Å²) in [5.74, 6) is -0.722.